The van der Waals surface area contributed by atoms with E-state index in [1.807, 2.05) is 37.4 Å². The number of thiazole rings is 1. The molecule has 0 saturated carbocycles. The van der Waals surface area contributed by atoms with Crippen molar-refractivity contribution < 1.29 is 22.4 Å². The number of furan rings is 1. The van der Waals surface area contributed by atoms with Crippen LogP contribution in [0.25, 0.3) is 22.2 Å². The lowest BCUT2D eigenvalue weighted by molar-refractivity contribution is 0.0730. The first-order valence-corrected chi connectivity index (χ1v) is 13.1. The Morgan fingerprint density at radius 1 is 1.09 bits per heavy atom. The molecule has 0 atom stereocenters. The number of aryl methyl sites for hydroxylation is 2. The van der Waals surface area contributed by atoms with Gasteiger partial charge >= 0.3 is 0 Å². The van der Waals surface area contributed by atoms with E-state index < -0.39 is 10.0 Å². The fraction of sp³-hybridized carbons (Fsp3) is 0.250. The number of nitrogens with one attached hydrogen (secondary N) is 1. The third-order valence-corrected chi connectivity index (χ3v) is 8.45. The predicted molar refractivity (Wildman–Crippen MR) is 131 cm³/mol. The first kappa shape index (κ1) is 22.7. The van der Waals surface area contributed by atoms with E-state index in [4.69, 9.17) is 9.15 Å². The monoisotopic (exact) mass is 497 g/mol. The van der Waals surface area contributed by atoms with Crippen LogP contribution in [0.2, 0.25) is 0 Å². The van der Waals surface area contributed by atoms with Crippen LogP contribution in [0.5, 0.6) is 0 Å². The van der Waals surface area contributed by atoms with Crippen molar-refractivity contribution in [3.63, 3.8) is 0 Å². The molecule has 2 aromatic carbocycles. The molecule has 1 aliphatic rings. The maximum Gasteiger partial charge on any atom is 0.293 e. The van der Waals surface area contributed by atoms with Crippen LogP contribution in [0.4, 0.5) is 5.13 Å². The van der Waals surface area contributed by atoms with Gasteiger partial charge in [-0.15, -0.1) is 11.3 Å². The number of ether oxygens (including phenoxy) is 1. The number of benzene rings is 2. The summed E-state index contributed by atoms with van der Waals surface area (Å²) in [6.07, 6.45) is 0. The highest BCUT2D eigenvalue weighted by molar-refractivity contribution is 7.89. The summed E-state index contributed by atoms with van der Waals surface area (Å²) in [6.45, 7) is 5.36. The van der Waals surface area contributed by atoms with Crippen LogP contribution in [0.1, 0.15) is 21.7 Å². The Balaban J connectivity index is 1.32. The smallest absolute Gasteiger partial charge is 0.293 e. The van der Waals surface area contributed by atoms with Gasteiger partial charge in [-0.3, -0.25) is 10.1 Å². The lowest BCUT2D eigenvalue weighted by Crippen LogP contribution is -2.40. The number of anilines is 1. The standard InChI is InChI=1S/C24H23N3O5S2/c1-15-3-8-21-19(13-15)16(2)22(32-21)23(28)26-24-25-20(14-33-24)17-4-6-18(7-5-17)34(29,30)27-9-11-31-12-10-27/h3-8,13-14H,9-12H2,1-2H3,(H,25,26,28). The van der Waals surface area contributed by atoms with E-state index in [-0.39, 0.29) is 16.6 Å². The highest BCUT2D eigenvalue weighted by Gasteiger charge is 2.26. The molecule has 10 heteroatoms. The molecular weight excluding hydrogens is 474 g/mol. The topological polar surface area (TPSA) is 102 Å². The van der Waals surface area contributed by atoms with E-state index in [9.17, 15) is 13.2 Å². The number of fused-ring (bicyclic) bond motifs is 1. The van der Waals surface area contributed by atoms with Gasteiger partial charge in [0.1, 0.15) is 5.58 Å². The molecule has 2 aromatic heterocycles. The molecule has 176 valence electrons. The van der Waals surface area contributed by atoms with Crippen LogP contribution in [-0.4, -0.2) is 49.9 Å². The van der Waals surface area contributed by atoms with E-state index in [0.29, 0.717) is 42.7 Å². The molecule has 34 heavy (non-hydrogen) atoms. The number of amides is 1. The quantitative estimate of drug-likeness (QED) is 0.437. The second-order valence-corrected chi connectivity index (χ2v) is 10.9. The molecule has 8 nitrogen and oxygen atoms in total. The van der Waals surface area contributed by atoms with Crippen molar-refractivity contribution in [3.8, 4) is 11.3 Å². The minimum absolute atomic E-state index is 0.234. The Hall–Kier alpha value is -3.05. The molecule has 0 radical (unpaired) electrons. The summed E-state index contributed by atoms with van der Waals surface area (Å²) in [5, 5.41) is 5.96. The number of sulfonamides is 1. The largest absolute Gasteiger partial charge is 0.451 e. The zero-order valence-corrected chi connectivity index (χ0v) is 20.3. The SMILES string of the molecule is Cc1ccc2oc(C(=O)Nc3nc(-c4ccc(S(=O)(=O)N5CCOCC5)cc4)cs3)c(C)c2c1. The lowest BCUT2D eigenvalue weighted by Gasteiger charge is -2.26. The van der Waals surface area contributed by atoms with Crippen LogP contribution in [-0.2, 0) is 14.8 Å². The maximum absolute atomic E-state index is 12.8. The normalized spacial score (nSPS) is 15.0. The van der Waals surface area contributed by atoms with Gasteiger partial charge in [0.25, 0.3) is 5.91 Å². The minimum atomic E-state index is -3.55. The number of carbonyl (C=O) groups excluding carboxylic acids is 1. The summed E-state index contributed by atoms with van der Waals surface area (Å²) < 4.78 is 38.1. The summed E-state index contributed by atoms with van der Waals surface area (Å²) in [4.78, 5) is 17.5. The van der Waals surface area contributed by atoms with Crippen LogP contribution < -0.4 is 5.32 Å². The molecule has 1 aliphatic heterocycles. The Labute approximate surface area is 201 Å². The van der Waals surface area contributed by atoms with Crippen molar-refractivity contribution in [2.75, 3.05) is 31.6 Å². The summed E-state index contributed by atoms with van der Waals surface area (Å²) >= 11 is 1.29. The van der Waals surface area contributed by atoms with Gasteiger partial charge in [0.05, 0.1) is 23.8 Å². The Morgan fingerprint density at radius 2 is 1.82 bits per heavy atom. The third kappa shape index (κ3) is 4.25. The number of hydrogen-bond donors (Lipinski definition) is 1. The molecule has 0 aliphatic carbocycles. The van der Waals surface area contributed by atoms with Gasteiger partial charge in [-0.25, -0.2) is 13.4 Å². The van der Waals surface area contributed by atoms with Crippen molar-refractivity contribution >= 4 is 43.4 Å². The van der Waals surface area contributed by atoms with Crippen molar-refractivity contribution in [2.24, 2.45) is 0 Å². The van der Waals surface area contributed by atoms with E-state index >= 15 is 0 Å². The summed E-state index contributed by atoms with van der Waals surface area (Å²) in [5.41, 5.74) is 3.95. The summed E-state index contributed by atoms with van der Waals surface area (Å²) in [5.74, 6) is -0.103. The van der Waals surface area contributed by atoms with Crippen molar-refractivity contribution in [2.45, 2.75) is 18.7 Å². The first-order valence-electron chi connectivity index (χ1n) is 10.8. The molecule has 5 rings (SSSR count). The second-order valence-electron chi connectivity index (χ2n) is 8.09. The average molecular weight is 498 g/mol. The van der Waals surface area contributed by atoms with Crippen LogP contribution >= 0.6 is 11.3 Å². The number of aromatic nitrogens is 1. The molecular formula is C24H23N3O5S2. The molecule has 0 spiro atoms. The minimum Gasteiger partial charge on any atom is -0.451 e. The van der Waals surface area contributed by atoms with Crippen molar-refractivity contribution in [3.05, 3.63) is 64.7 Å². The van der Waals surface area contributed by atoms with Gasteiger partial charge in [0.2, 0.25) is 10.0 Å². The van der Waals surface area contributed by atoms with Gasteiger partial charge in [-0.05, 0) is 38.1 Å². The van der Waals surface area contributed by atoms with Crippen LogP contribution in [0, 0.1) is 13.8 Å². The highest BCUT2D eigenvalue weighted by Crippen LogP contribution is 2.29. The number of morpholine rings is 1. The zero-order chi connectivity index (χ0) is 23.9. The van der Waals surface area contributed by atoms with Crippen molar-refractivity contribution in [1.29, 1.82) is 0 Å². The lowest BCUT2D eigenvalue weighted by atomic mass is 10.1. The van der Waals surface area contributed by atoms with Crippen molar-refractivity contribution in [1.82, 2.24) is 9.29 Å². The van der Waals surface area contributed by atoms with E-state index in [0.717, 1.165) is 22.1 Å². The number of rotatable bonds is 5. The van der Waals surface area contributed by atoms with E-state index in [2.05, 4.69) is 10.3 Å². The molecule has 1 N–H and O–H groups in total. The van der Waals surface area contributed by atoms with Gasteiger partial charge in [-0.1, -0.05) is 23.8 Å². The van der Waals surface area contributed by atoms with Crippen LogP contribution in [0.15, 0.2) is 57.2 Å². The van der Waals surface area contributed by atoms with Crippen LogP contribution in [0.3, 0.4) is 0 Å². The highest BCUT2D eigenvalue weighted by atomic mass is 32.2. The molecule has 0 unspecified atom stereocenters. The molecule has 1 saturated heterocycles. The number of hydrogen-bond acceptors (Lipinski definition) is 7. The average Bonchev–Trinajstić information content (AvgIpc) is 3.44. The fourth-order valence-corrected chi connectivity index (χ4v) is 6.03. The predicted octanol–water partition coefficient (Wildman–Crippen LogP) is 4.45. The zero-order valence-electron chi connectivity index (χ0n) is 18.7. The summed E-state index contributed by atoms with van der Waals surface area (Å²) in [6, 6.07) is 12.4. The fourth-order valence-electron chi connectivity index (χ4n) is 3.90. The maximum atomic E-state index is 12.8. The van der Waals surface area contributed by atoms with E-state index in [1.54, 1.807) is 24.3 Å². The summed E-state index contributed by atoms with van der Waals surface area (Å²) in [7, 11) is -3.55. The molecule has 0 bridgehead atoms. The number of carbonyl (C=O) groups is 1. The molecule has 1 fully saturated rings. The van der Waals surface area contributed by atoms with Gasteiger partial charge in [0.15, 0.2) is 10.9 Å². The Kier molecular flexibility index (Phi) is 5.98. The third-order valence-electron chi connectivity index (χ3n) is 5.78. The van der Waals surface area contributed by atoms with Gasteiger partial charge < -0.3 is 9.15 Å². The number of nitrogens with zero attached hydrogens (tertiary/aromatic N) is 2. The first-order chi connectivity index (χ1) is 16.3. The molecule has 3 heterocycles. The van der Waals surface area contributed by atoms with Gasteiger partial charge in [-0.2, -0.15) is 4.31 Å². The van der Waals surface area contributed by atoms with E-state index in [1.165, 1.54) is 15.6 Å². The second kappa shape index (κ2) is 8.95. The van der Waals surface area contributed by atoms with Gasteiger partial charge in [0, 0.05) is 35.0 Å². The Bertz CT molecular complexity index is 1470. The Morgan fingerprint density at radius 3 is 2.56 bits per heavy atom. The molecule has 1 amide bonds. The molecule has 4 aromatic rings.